The minimum Gasteiger partial charge on any atom is -0.493 e. The van der Waals surface area contributed by atoms with Crippen LogP contribution in [-0.4, -0.2) is 47.0 Å². The predicted molar refractivity (Wildman–Crippen MR) is 137 cm³/mol. The summed E-state index contributed by atoms with van der Waals surface area (Å²) < 4.78 is 44.7. The van der Waals surface area contributed by atoms with Gasteiger partial charge in [-0.05, 0) is 48.0 Å². The average Bonchev–Trinajstić information content (AvgIpc) is 3.55. The summed E-state index contributed by atoms with van der Waals surface area (Å²) in [5, 5.41) is 0. The first-order valence-electron chi connectivity index (χ1n) is 12.1. The van der Waals surface area contributed by atoms with E-state index in [1.165, 1.54) is 28.4 Å². The van der Waals surface area contributed by atoms with E-state index in [-0.39, 0.29) is 24.8 Å². The van der Waals surface area contributed by atoms with Crippen molar-refractivity contribution in [2.75, 3.05) is 35.2 Å². The first-order chi connectivity index (χ1) is 19.0. The summed E-state index contributed by atoms with van der Waals surface area (Å²) in [5.41, 5.74) is 2.24. The summed E-state index contributed by atoms with van der Waals surface area (Å²) >= 11 is 0. The third kappa shape index (κ3) is 3.87. The molecule has 0 unspecified atom stereocenters. The van der Waals surface area contributed by atoms with E-state index in [1.54, 1.807) is 42.5 Å². The smallest absolute Gasteiger partial charge is 0.312 e. The van der Waals surface area contributed by atoms with E-state index >= 15 is 0 Å². The fraction of sp³-hybridized carbons (Fsp3) is 0.241. The van der Waals surface area contributed by atoms with Gasteiger partial charge in [-0.1, -0.05) is 0 Å². The van der Waals surface area contributed by atoms with E-state index in [1.807, 2.05) is 0 Å². The van der Waals surface area contributed by atoms with Crippen LogP contribution in [0, 0.1) is 0 Å². The van der Waals surface area contributed by atoms with E-state index in [0.717, 1.165) is 5.56 Å². The lowest BCUT2D eigenvalue weighted by atomic mass is 9.84. The zero-order valence-corrected chi connectivity index (χ0v) is 21.6. The summed E-state index contributed by atoms with van der Waals surface area (Å²) in [5.74, 6) is 2.28. The Morgan fingerprint density at radius 1 is 0.795 bits per heavy atom. The van der Waals surface area contributed by atoms with E-state index in [4.69, 9.17) is 37.9 Å². The van der Waals surface area contributed by atoms with Gasteiger partial charge in [0.1, 0.15) is 11.5 Å². The molecule has 0 spiro atoms. The van der Waals surface area contributed by atoms with E-state index in [0.29, 0.717) is 62.7 Å². The molecule has 3 aliphatic heterocycles. The Kier molecular flexibility index (Phi) is 5.94. The molecule has 6 rings (SSSR count). The number of ether oxygens (including phenoxy) is 8. The van der Waals surface area contributed by atoms with Gasteiger partial charge in [-0.3, -0.25) is 9.59 Å². The summed E-state index contributed by atoms with van der Waals surface area (Å²) in [7, 11) is 6.06. The molecule has 0 aromatic heterocycles. The number of carbonyl (C=O) groups is 2. The fourth-order valence-corrected chi connectivity index (χ4v) is 5.12. The standard InChI is InChI=1S/C29H24O10/c1-32-19-7-5-14(26(34-3)29(19)35-4)9-20-25(31)16-6-8-18-24(27(16)39-20)17(12-23(30)38-18)15-10-21(33-2)28-22(11-15)36-13-37-28/h5-11,17H,12-13H2,1-4H3/b20-9-/t17-/m1/s1. The zero-order valence-electron chi connectivity index (χ0n) is 21.6. The number of carbonyl (C=O) groups excluding carboxylic acids is 2. The molecule has 3 heterocycles. The number of allylic oxidation sites excluding steroid dienone is 1. The highest BCUT2D eigenvalue weighted by Gasteiger charge is 2.39. The molecule has 0 aliphatic carbocycles. The van der Waals surface area contributed by atoms with Crippen molar-refractivity contribution in [1.82, 2.24) is 0 Å². The lowest BCUT2D eigenvalue weighted by molar-refractivity contribution is -0.135. The monoisotopic (exact) mass is 532 g/mol. The minimum atomic E-state index is -0.484. The SMILES string of the molecule is COc1cc([C@H]2CC(=O)Oc3ccc4c(c32)O/C(=C\c2ccc(OC)c(OC)c2OC)C4=O)cc2c1OCO2. The molecule has 200 valence electrons. The Morgan fingerprint density at radius 3 is 2.33 bits per heavy atom. The Balaban J connectivity index is 1.45. The van der Waals surface area contributed by atoms with Crippen LogP contribution in [0.4, 0.5) is 0 Å². The van der Waals surface area contributed by atoms with Crippen LogP contribution in [0.1, 0.15) is 39.4 Å². The van der Waals surface area contributed by atoms with Crippen LogP contribution in [0.5, 0.6) is 46.0 Å². The van der Waals surface area contributed by atoms with Gasteiger partial charge in [0.2, 0.25) is 24.1 Å². The molecule has 0 amide bonds. The molecular weight excluding hydrogens is 508 g/mol. The van der Waals surface area contributed by atoms with Gasteiger partial charge in [-0.2, -0.15) is 0 Å². The van der Waals surface area contributed by atoms with E-state index in [2.05, 4.69) is 0 Å². The van der Waals surface area contributed by atoms with Crippen LogP contribution in [0.25, 0.3) is 6.08 Å². The van der Waals surface area contributed by atoms with Crippen LogP contribution in [0.2, 0.25) is 0 Å². The highest BCUT2D eigenvalue weighted by atomic mass is 16.7. The van der Waals surface area contributed by atoms with E-state index in [9.17, 15) is 9.59 Å². The number of fused-ring (bicyclic) bond motifs is 4. The molecule has 0 bridgehead atoms. The number of Topliss-reactive ketones (excluding diaryl/α,β-unsaturated/α-hetero) is 1. The molecule has 3 aliphatic rings. The second-order valence-corrected chi connectivity index (χ2v) is 8.91. The minimum absolute atomic E-state index is 0.0341. The summed E-state index contributed by atoms with van der Waals surface area (Å²) in [6.07, 6.45) is 1.62. The van der Waals surface area contributed by atoms with Crippen molar-refractivity contribution >= 4 is 17.8 Å². The van der Waals surface area contributed by atoms with Gasteiger partial charge in [0.05, 0.1) is 40.4 Å². The molecule has 0 radical (unpaired) electrons. The molecule has 3 aromatic carbocycles. The van der Waals surface area contributed by atoms with Crippen molar-refractivity contribution < 1.29 is 47.5 Å². The molecule has 39 heavy (non-hydrogen) atoms. The highest BCUT2D eigenvalue weighted by Crippen LogP contribution is 2.52. The molecule has 0 N–H and O–H groups in total. The van der Waals surface area contributed by atoms with Crippen molar-refractivity contribution in [3.05, 3.63) is 64.4 Å². The summed E-state index contributed by atoms with van der Waals surface area (Å²) in [6.45, 7) is 0.0687. The molecule has 10 nitrogen and oxygen atoms in total. The van der Waals surface area contributed by atoms with Gasteiger partial charge in [0.15, 0.2) is 28.8 Å². The Labute approximate surface area is 223 Å². The number of ketones is 1. The predicted octanol–water partition coefficient (Wildman–Crippen LogP) is 4.51. The first-order valence-corrected chi connectivity index (χ1v) is 12.1. The van der Waals surface area contributed by atoms with Crippen LogP contribution in [0.15, 0.2) is 42.2 Å². The van der Waals surface area contributed by atoms with Crippen LogP contribution in [-0.2, 0) is 4.79 Å². The normalized spacial score (nSPS) is 17.7. The molecule has 10 heteroatoms. The van der Waals surface area contributed by atoms with E-state index < -0.39 is 11.9 Å². The number of rotatable bonds is 6. The summed E-state index contributed by atoms with van der Waals surface area (Å²) in [6, 6.07) is 10.3. The molecule has 0 saturated carbocycles. The van der Waals surface area contributed by atoms with Crippen molar-refractivity contribution in [3.8, 4) is 46.0 Å². The van der Waals surface area contributed by atoms with Crippen molar-refractivity contribution in [2.45, 2.75) is 12.3 Å². The maximum absolute atomic E-state index is 13.5. The fourth-order valence-electron chi connectivity index (χ4n) is 5.12. The second-order valence-electron chi connectivity index (χ2n) is 8.91. The third-order valence-corrected chi connectivity index (χ3v) is 6.88. The number of esters is 1. The molecule has 0 fully saturated rings. The largest absolute Gasteiger partial charge is 0.493 e. The number of benzene rings is 3. The molecule has 1 atom stereocenters. The lowest BCUT2D eigenvalue weighted by Crippen LogP contribution is -2.21. The second kappa shape index (κ2) is 9.46. The Bertz CT molecular complexity index is 1550. The van der Waals surface area contributed by atoms with Gasteiger partial charge in [-0.15, -0.1) is 0 Å². The Morgan fingerprint density at radius 2 is 1.59 bits per heavy atom. The third-order valence-electron chi connectivity index (χ3n) is 6.88. The van der Waals surface area contributed by atoms with Gasteiger partial charge in [0, 0.05) is 17.0 Å². The molecule has 0 saturated heterocycles. The molecular formula is C29H24O10. The zero-order chi connectivity index (χ0) is 27.3. The number of methoxy groups -OCH3 is 4. The van der Waals surface area contributed by atoms with Gasteiger partial charge in [-0.25, -0.2) is 0 Å². The maximum Gasteiger partial charge on any atom is 0.312 e. The number of hydrogen-bond acceptors (Lipinski definition) is 10. The van der Waals surface area contributed by atoms with Crippen LogP contribution >= 0.6 is 0 Å². The topological polar surface area (TPSA) is 108 Å². The first kappa shape index (κ1) is 24.5. The summed E-state index contributed by atoms with van der Waals surface area (Å²) in [4.78, 5) is 26.1. The van der Waals surface area contributed by atoms with Crippen LogP contribution in [0.3, 0.4) is 0 Å². The average molecular weight is 533 g/mol. The molecule has 3 aromatic rings. The van der Waals surface area contributed by atoms with Crippen LogP contribution < -0.4 is 37.9 Å². The van der Waals surface area contributed by atoms with Crippen molar-refractivity contribution in [2.24, 2.45) is 0 Å². The van der Waals surface area contributed by atoms with Crippen molar-refractivity contribution in [3.63, 3.8) is 0 Å². The van der Waals surface area contributed by atoms with Gasteiger partial charge >= 0.3 is 5.97 Å². The Hall–Kier alpha value is -4.86. The quantitative estimate of drug-likeness (QED) is 0.256. The lowest BCUT2D eigenvalue weighted by Gasteiger charge is -2.26. The van der Waals surface area contributed by atoms with Crippen molar-refractivity contribution in [1.29, 1.82) is 0 Å². The van der Waals surface area contributed by atoms with Gasteiger partial charge in [0.25, 0.3) is 0 Å². The van der Waals surface area contributed by atoms with Gasteiger partial charge < -0.3 is 37.9 Å². The maximum atomic E-state index is 13.5. The highest BCUT2D eigenvalue weighted by molar-refractivity contribution is 6.15. The number of hydrogen-bond donors (Lipinski definition) is 0.